The summed E-state index contributed by atoms with van der Waals surface area (Å²) in [5.41, 5.74) is 0. The zero-order valence-electron chi connectivity index (χ0n) is 63.5. The third kappa shape index (κ3) is 79.1. The summed E-state index contributed by atoms with van der Waals surface area (Å²) in [6, 6.07) is 0. The lowest BCUT2D eigenvalue weighted by Crippen LogP contribution is -2.44. The first-order valence-corrected chi connectivity index (χ1v) is 39.2. The lowest BCUT2D eigenvalue weighted by atomic mass is 10.0. The van der Waals surface area contributed by atoms with Crippen molar-refractivity contribution < 1.29 is 42.9 Å². The summed E-state index contributed by atoms with van der Waals surface area (Å²) in [5, 5.41) is 11.9. The van der Waals surface area contributed by atoms with Crippen molar-refractivity contribution in [2.45, 2.75) is 296 Å². The van der Waals surface area contributed by atoms with Crippen molar-refractivity contribution in [2.75, 3.05) is 47.5 Å². The van der Waals surface area contributed by atoms with Crippen molar-refractivity contribution in [3.63, 3.8) is 0 Å². The van der Waals surface area contributed by atoms with Crippen molar-refractivity contribution in [1.29, 1.82) is 0 Å². The van der Waals surface area contributed by atoms with E-state index in [9.17, 15) is 19.5 Å². The topological polar surface area (TPSA) is 111 Å². The van der Waals surface area contributed by atoms with Crippen LogP contribution in [0.2, 0.25) is 0 Å². The molecular formula is C90H143NO8. The average molecular weight is 1370 g/mol. The van der Waals surface area contributed by atoms with Crippen LogP contribution < -0.4 is 5.11 Å². The van der Waals surface area contributed by atoms with Gasteiger partial charge in [-0.15, -0.1) is 0 Å². The van der Waals surface area contributed by atoms with Gasteiger partial charge >= 0.3 is 11.9 Å². The smallest absolute Gasteiger partial charge is 0.306 e. The van der Waals surface area contributed by atoms with Gasteiger partial charge in [0.2, 0.25) is 0 Å². The minimum Gasteiger partial charge on any atom is -0.545 e. The Labute approximate surface area is 607 Å². The van der Waals surface area contributed by atoms with E-state index in [2.05, 4.69) is 220 Å². The standard InChI is InChI=1S/C90H143NO8/c1-6-8-10-12-14-16-18-20-22-24-26-28-30-32-34-36-38-40-42-43-44-45-47-49-51-53-55-57-59-61-63-65-67-69-71-73-75-77-79-81-88(93)99-86(85-98-90(89(94)95)96-83-82-91(3,4)5)84-97-87(92)80-78-76-74-72-70-68-66-64-62-60-58-56-54-52-50-48-46-41-39-37-35-33-31-29-27-25-23-21-19-17-15-13-11-9-7-2/h8-11,14-17,20-23,26-29,32-35,38-41,43-44,47-50,53,55,59,61,86,90H,6-7,12-13,18-19,24-25,30-31,36-37,42,45-46,51-52,54,56-58,60,62-85H2,1-5H3/b10-8-,11-9-,16-14-,17-15-,22-20-,23-21-,28-26-,29-27-,34-32-,35-33-,40-38-,41-39-,44-43-,49-47-,50-48-,55-53-,61-59-. The molecule has 0 fully saturated rings. The van der Waals surface area contributed by atoms with E-state index in [4.69, 9.17) is 18.9 Å². The third-order valence-electron chi connectivity index (χ3n) is 16.0. The predicted octanol–water partition coefficient (Wildman–Crippen LogP) is 24.1. The number of unbranched alkanes of at least 4 members (excludes halogenated alkanes) is 21. The van der Waals surface area contributed by atoms with E-state index in [0.29, 0.717) is 17.4 Å². The summed E-state index contributed by atoms with van der Waals surface area (Å²) in [6.07, 6.45) is 118. The molecule has 0 aliphatic heterocycles. The Morgan fingerprint density at radius 1 is 0.303 bits per heavy atom. The zero-order valence-corrected chi connectivity index (χ0v) is 63.5. The summed E-state index contributed by atoms with van der Waals surface area (Å²) < 4.78 is 22.8. The van der Waals surface area contributed by atoms with Crippen LogP contribution in [0.25, 0.3) is 0 Å². The van der Waals surface area contributed by atoms with E-state index in [1.807, 2.05) is 21.1 Å². The fourth-order valence-corrected chi connectivity index (χ4v) is 10.1. The van der Waals surface area contributed by atoms with Gasteiger partial charge in [0.05, 0.1) is 40.3 Å². The maximum Gasteiger partial charge on any atom is 0.306 e. The van der Waals surface area contributed by atoms with E-state index in [1.165, 1.54) is 96.3 Å². The summed E-state index contributed by atoms with van der Waals surface area (Å²) in [5.74, 6) is -2.31. The monoisotopic (exact) mass is 1370 g/mol. The normalized spacial score (nSPS) is 13.8. The summed E-state index contributed by atoms with van der Waals surface area (Å²) in [7, 11) is 5.92. The van der Waals surface area contributed by atoms with Gasteiger partial charge in [-0.3, -0.25) is 9.59 Å². The second-order valence-corrected chi connectivity index (χ2v) is 26.5. The first kappa shape index (κ1) is 92.9. The van der Waals surface area contributed by atoms with E-state index >= 15 is 0 Å². The molecule has 0 aromatic heterocycles. The maximum atomic E-state index is 13.0. The highest BCUT2D eigenvalue weighted by molar-refractivity contribution is 5.70. The Hall–Kier alpha value is -6.13. The molecule has 0 heterocycles. The second kappa shape index (κ2) is 77.6. The van der Waals surface area contributed by atoms with Crippen LogP contribution in [0, 0.1) is 0 Å². The Morgan fingerprint density at radius 3 is 0.808 bits per heavy atom. The molecular weight excluding hydrogens is 1220 g/mol. The number of nitrogens with zero attached hydrogens (tertiary/aromatic N) is 1. The number of rotatable bonds is 70. The summed E-state index contributed by atoms with van der Waals surface area (Å²) in [4.78, 5) is 37.6. The molecule has 556 valence electrons. The van der Waals surface area contributed by atoms with Crippen LogP contribution in [-0.4, -0.2) is 82.3 Å². The van der Waals surface area contributed by atoms with E-state index in [1.54, 1.807) is 0 Å². The van der Waals surface area contributed by atoms with Gasteiger partial charge in [-0.25, -0.2) is 0 Å². The number of carboxylic acid groups (broad SMARTS) is 1. The summed E-state index contributed by atoms with van der Waals surface area (Å²) >= 11 is 0. The van der Waals surface area contributed by atoms with Gasteiger partial charge in [0.1, 0.15) is 13.2 Å². The number of carboxylic acids is 1. The number of carbonyl (C=O) groups is 3. The van der Waals surface area contributed by atoms with Crippen molar-refractivity contribution in [3.05, 3.63) is 207 Å². The molecule has 0 amide bonds. The van der Waals surface area contributed by atoms with Crippen LogP contribution in [0.4, 0.5) is 0 Å². The molecule has 0 aromatic carbocycles. The Morgan fingerprint density at radius 2 is 0.545 bits per heavy atom. The molecule has 0 radical (unpaired) electrons. The van der Waals surface area contributed by atoms with Crippen molar-refractivity contribution in [3.8, 4) is 0 Å². The predicted molar refractivity (Wildman–Crippen MR) is 425 cm³/mol. The van der Waals surface area contributed by atoms with E-state index < -0.39 is 24.3 Å². The van der Waals surface area contributed by atoms with Gasteiger partial charge in [-0.05, 0) is 148 Å². The van der Waals surface area contributed by atoms with Gasteiger partial charge in [0.15, 0.2) is 12.4 Å². The molecule has 0 aliphatic carbocycles. The van der Waals surface area contributed by atoms with Crippen molar-refractivity contribution in [2.24, 2.45) is 0 Å². The van der Waals surface area contributed by atoms with Crippen LogP contribution in [0.1, 0.15) is 284 Å². The molecule has 0 aliphatic rings. The Bertz CT molecular complexity index is 2390. The van der Waals surface area contributed by atoms with Crippen LogP contribution in [0.3, 0.4) is 0 Å². The number of quaternary nitrogens is 1. The highest BCUT2D eigenvalue weighted by Crippen LogP contribution is 2.16. The van der Waals surface area contributed by atoms with Crippen molar-refractivity contribution >= 4 is 17.9 Å². The minimum absolute atomic E-state index is 0.136. The lowest BCUT2D eigenvalue weighted by Gasteiger charge is -2.26. The second-order valence-electron chi connectivity index (χ2n) is 26.5. The molecule has 0 bridgehead atoms. The molecule has 0 rings (SSSR count). The molecule has 9 nitrogen and oxygen atoms in total. The molecule has 0 aromatic rings. The first-order chi connectivity index (χ1) is 48.6. The Kier molecular flexibility index (Phi) is 72.8. The number of hydrogen-bond donors (Lipinski definition) is 0. The average Bonchev–Trinajstić information content (AvgIpc) is 1.14. The van der Waals surface area contributed by atoms with Crippen LogP contribution in [-0.2, 0) is 33.3 Å². The quantitative estimate of drug-likeness (QED) is 0.0195. The van der Waals surface area contributed by atoms with Crippen LogP contribution in [0.15, 0.2) is 207 Å². The van der Waals surface area contributed by atoms with Crippen molar-refractivity contribution in [1.82, 2.24) is 0 Å². The number of allylic oxidation sites excluding steroid dienone is 34. The molecule has 0 saturated carbocycles. The number of esters is 2. The molecule has 0 saturated heterocycles. The molecule has 2 atom stereocenters. The minimum atomic E-state index is -1.64. The lowest BCUT2D eigenvalue weighted by molar-refractivity contribution is -0.870. The Balaban J connectivity index is 4.16. The number of carbonyl (C=O) groups excluding carboxylic acids is 3. The molecule has 9 heteroatoms. The number of likely N-dealkylation sites (N-methyl/N-ethyl adjacent to an activating group) is 1. The fraction of sp³-hybridized carbons (Fsp3) is 0.589. The van der Waals surface area contributed by atoms with Gasteiger partial charge in [-0.1, -0.05) is 330 Å². The van der Waals surface area contributed by atoms with Crippen LogP contribution >= 0.6 is 0 Å². The summed E-state index contributed by atoms with van der Waals surface area (Å²) in [6.45, 7) is 4.50. The van der Waals surface area contributed by atoms with E-state index in [0.717, 1.165) is 154 Å². The van der Waals surface area contributed by atoms with Gasteiger partial charge < -0.3 is 33.3 Å². The highest BCUT2D eigenvalue weighted by atomic mass is 16.7. The SMILES string of the molecule is CC/C=C\C/C=C\C/C=C\C/C=C\C/C=C\C/C=C\C/C=C\C/C=C\C/C=C\C/C=C\CCCCCCCCCCC(=O)OC(COC(=O)CCCCCCCCCCCCCCC/C=C\C/C=C\C/C=C\C/C=C\C/C=C\C/C=C\C/C=C\CC)COC(OCC[N+](C)(C)C)C(=O)[O-]. The first-order valence-electron chi connectivity index (χ1n) is 39.2. The molecule has 0 N–H and O–H groups in total. The largest absolute Gasteiger partial charge is 0.545 e. The molecule has 2 unspecified atom stereocenters. The van der Waals surface area contributed by atoms with Gasteiger partial charge in [0, 0.05) is 12.8 Å². The van der Waals surface area contributed by atoms with Gasteiger partial charge in [0.25, 0.3) is 0 Å². The number of hydrogen-bond acceptors (Lipinski definition) is 8. The molecule has 0 spiro atoms. The maximum absolute atomic E-state index is 13.0. The third-order valence-corrected chi connectivity index (χ3v) is 16.0. The number of aliphatic carboxylic acids is 1. The van der Waals surface area contributed by atoms with Crippen LogP contribution in [0.5, 0.6) is 0 Å². The fourth-order valence-electron chi connectivity index (χ4n) is 10.1. The van der Waals surface area contributed by atoms with Gasteiger partial charge in [-0.2, -0.15) is 0 Å². The van der Waals surface area contributed by atoms with E-state index in [-0.39, 0.29) is 38.6 Å². The highest BCUT2D eigenvalue weighted by Gasteiger charge is 2.22. The zero-order chi connectivity index (χ0) is 71.8. The number of ether oxygens (including phenoxy) is 4. The molecule has 99 heavy (non-hydrogen) atoms.